The fourth-order valence-electron chi connectivity index (χ4n) is 5.34. The van der Waals surface area contributed by atoms with Gasteiger partial charge in [0, 0.05) is 31.8 Å². The molecule has 1 saturated heterocycles. The summed E-state index contributed by atoms with van der Waals surface area (Å²) in [7, 11) is -5.34. The Balaban J connectivity index is 1.68. The number of allylic oxidation sites excluding steroid dienone is 3. The molecule has 0 spiro atoms. The van der Waals surface area contributed by atoms with Crippen LogP contribution in [0.1, 0.15) is 59.3 Å². The van der Waals surface area contributed by atoms with Crippen molar-refractivity contribution in [1.29, 1.82) is 0 Å². The number of sulfonamides is 1. The van der Waals surface area contributed by atoms with Crippen molar-refractivity contribution in [2.24, 2.45) is 17.3 Å². The highest BCUT2D eigenvalue weighted by Gasteiger charge is 2.51. The molecule has 2 unspecified atom stereocenters. The van der Waals surface area contributed by atoms with Crippen LogP contribution < -0.4 is 0 Å². The Morgan fingerprint density at radius 3 is 2.09 bits per heavy atom. The van der Waals surface area contributed by atoms with Gasteiger partial charge in [0.05, 0.1) is 6.04 Å². The standard InChI is InChI=1S/C23H35F3N2O3S/c1-22(2,3)21(27-13-15-28(16-14-27)32(30,31)23(24,25)26)20(29)19-11-9-18(10-12-19)17-7-5-4-6-8-17/h9,11-12,17-18,21H,4-8,10,13-16H2,1-3H3. The zero-order chi connectivity index (χ0) is 23.7. The van der Waals surface area contributed by atoms with Gasteiger partial charge in [0.1, 0.15) is 0 Å². The number of hydrogen-bond donors (Lipinski definition) is 0. The van der Waals surface area contributed by atoms with Crippen molar-refractivity contribution in [2.75, 3.05) is 26.2 Å². The summed E-state index contributed by atoms with van der Waals surface area (Å²) in [6.45, 7) is 5.43. The molecule has 0 bridgehead atoms. The van der Waals surface area contributed by atoms with Gasteiger partial charge in [0.25, 0.3) is 0 Å². The minimum atomic E-state index is -5.34. The molecule has 1 heterocycles. The monoisotopic (exact) mass is 476 g/mol. The van der Waals surface area contributed by atoms with Crippen LogP contribution >= 0.6 is 0 Å². The van der Waals surface area contributed by atoms with E-state index in [0.717, 1.165) is 6.42 Å². The fourth-order valence-corrected chi connectivity index (χ4v) is 6.28. The summed E-state index contributed by atoms with van der Waals surface area (Å²) >= 11 is 0. The van der Waals surface area contributed by atoms with E-state index in [1.54, 1.807) is 0 Å². The van der Waals surface area contributed by atoms with Gasteiger partial charge in [-0.25, -0.2) is 8.42 Å². The van der Waals surface area contributed by atoms with Crippen LogP contribution in [0, 0.1) is 17.3 Å². The summed E-state index contributed by atoms with van der Waals surface area (Å²) in [6.07, 6.45) is 13.3. The number of hydrogen-bond acceptors (Lipinski definition) is 4. The first kappa shape index (κ1) is 25.4. The lowest BCUT2D eigenvalue weighted by Crippen LogP contribution is -2.59. The molecular weight excluding hydrogens is 441 g/mol. The van der Waals surface area contributed by atoms with Gasteiger partial charge in [0.15, 0.2) is 5.78 Å². The minimum absolute atomic E-state index is 0.0389. The number of carbonyl (C=O) groups excluding carboxylic acids is 1. The van der Waals surface area contributed by atoms with E-state index in [2.05, 4.69) is 6.08 Å². The number of Topliss-reactive ketones (excluding diaryl/α,β-unsaturated/α-hetero) is 1. The third-order valence-electron chi connectivity index (χ3n) is 7.01. The van der Waals surface area contributed by atoms with Crippen LogP contribution in [0.25, 0.3) is 0 Å². The molecular formula is C23H35F3N2O3S. The topological polar surface area (TPSA) is 57.7 Å². The molecule has 3 aliphatic rings. The molecule has 3 rings (SSSR count). The average molecular weight is 477 g/mol. The molecule has 2 atom stereocenters. The van der Waals surface area contributed by atoms with Gasteiger partial charge < -0.3 is 0 Å². The van der Waals surface area contributed by atoms with E-state index in [4.69, 9.17) is 0 Å². The van der Waals surface area contributed by atoms with Gasteiger partial charge in [-0.15, -0.1) is 0 Å². The second-order valence-corrected chi connectivity index (χ2v) is 12.3. The number of ketones is 1. The van der Waals surface area contributed by atoms with E-state index >= 15 is 0 Å². The second kappa shape index (κ2) is 9.58. The lowest BCUT2D eigenvalue weighted by Gasteiger charge is -2.43. The summed E-state index contributed by atoms with van der Waals surface area (Å²) in [4.78, 5) is 15.3. The second-order valence-electron chi connectivity index (χ2n) is 10.3. The highest BCUT2D eigenvalue weighted by atomic mass is 32.2. The third-order valence-corrected chi connectivity index (χ3v) is 8.64. The average Bonchev–Trinajstić information content (AvgIpc) is 2.73. The molecule has 0 radical (unpaired) electrons. The maximum atomic E-state index is 13.5. The molecule has 2 fully saturated rings. The van der Waals surface area contributed by atoms with E-state index in [1.165, 1.54) is 32.1 Å². The van der Waals surface area contributed by atoms with E-state index in [1.807, 2.05) is 37.8 Å². The van der Waals surface area contributed by atoms with Gasteiger partial charge >= 0.3 is 15.5 Å². The number of halogens is 3. The van der Waals surface area contributed by atoms with Crippen LogP contribution in [-0.4, -0.2) is 61.1 Å². The predicted octanol–water partition coefficient (Wildman–Crippen LogP) is 4.52. The van der Waals surface area contributed by atoms with Crippen LogP contribution in [0.5, 0.6) is 0 Å². The normalized spacial score (nSPS) is 26.1. The van der Waals surface area contributed by atoms with Crippen molar-refractivity contribution in [3.8, 4) is 0 Å². The Labute approximate surface area is 189 Å². The van der Waals surface area contributed by atoms with E-state index in [9.17, 15) is 26.4 Å². The van der Waals surface area contributed by atoms with Crippen molar-refractivity contribution in [2.45, 2.75) is 70.8 Å². The highest BCUT2D eigenvalue weighted by molar-refractivity contribution is 7.90. The van der Waals surface area contributed by atoms with E-state index in [-0.39, 0.29) is 32.0 Å². The van der Waals surface area contributed by atoms with Gasteiger partial charge in [-0.2, -0.15) is 17.5 Å². The fraction of sp³-hybridized carbons (Fsp3) is 0.783. The van der Waals surface area contributed by atoms with Crippen LogP contribution in [0.3, 0.4) is 0 Å². The van der Waals surface area contributed by atoms with Crippen LogP contribution in [0.2, 0.25) is 0 Å². The lowest BCUT2D eigenvalue weighted by atomic mass is 9.75. The number of piperazine rings is 1. The molecule has 9 heteroatoms. The smallest absolute Gasteiger partial charge is 0.292 e. The van der Waals surface area contributed by atoms with Gasteiger partial charge in [-0.3, -0.25) is 9.69 Å². The number of nitrogens with zero attached hydrogens (tertiary/aromatic N) is 2. The number of rotatable bonds is 5. The molecule has 0 aromatic heterocycles. The van der Waals surface area contributed by atoms with Gasteiger partial charge in [-0.05, 0) is 36.5 Å². The Bertz CT molecular complexity index is 845. The first-order chi connectivity index (χ1) is 14.8. The molecule has 0 aromatic carbocycles. The maximum absolute atomic E-state index is 13.5. The third kappa shape index (κ3) is 5.47. The Hall–Kier alpha value is -1.19. The zero-order valence-corrected chi connectivity index (χ0v) is 20.0. The Kier molecular flexibility index (Phi) is 7.62. The maximum Gasteiger partial charge on any atom is 0.511 e. The molecule has 2 aliphatic carbocycles. The highest BCUT2D eigenvalue weighted by Crippen LogP contribution is 2.36. The Morgan fingerprint density at radius 2 is 1.62 bits per heavy atom. The van der Waals surface area contributed by atoms with E-state index < -0.39 is 27.0 Å². The van der Waals surface area contributed by atoms with Crippen molar-refractivity contribution >= 4 is 15.8 Å². The molecule has 0 N–H and O–H groups in total. The number of alkyl halides is 3. The summed E-state index contributed by atoms with van der Waals surface area (Å²) in [5.74, 6) is 1.11. The first-order valence-electron chi connectivity index (χ1n) is 11.6. The quantitative estimate of drug-likeness (QED) is 0.586. The number of carbonyl (C=O) groups is 1. The van der Waals surface area contributed by atoms with Crippen LogP contribution in [0.4, 0.5) is 13.2 Å². The SMILES string of the molecule is CC(C)(C)C(C(=O)C1=CCC(C2CCCCC2)C=C1)N1CCN(S(=O)(=O)C(F)(F)F)CC1. The largest absolute Gasteiger partial charge is 0.511 e. The molecule has 0 amide bonds. The summed E-state index contributed by atoms with van der Waals surface area (Å²) in [6, 6.07) is -0.527. The molecule has 182 valence electrons. The predicted molar refractivity (Wildman–Crippen MR) is 118 cm³/mol. The molecule has 5 nitrogen and oxygen atoms in total. The van der Waals surface area contributed by atoms with Crippen LogP contribution in [-0.2, 0) is 14.8 Å². The van der Waals surface area contributed by atoms with Crippen molar-refractivity contribution in [1.82, 2.24) is 9.21 Å². The summed E-state index contributed by atoms with van der Waals surface area (Å²) in [5, 5.41) is 0. The van der Waals surface area contributed by atoms with Crippen LogP contribution in [0.15, 0.2) is 23.8 Å². The summed E-state index contributed by atoms with van der Waals surface area (Å²) < 4.78 is 62.6. The van der Waals surface area contributed by atoms with Crippen molar-refractivity contribution < 1.29 is 26.4 Å². The molecule has 0 aromatic rings. The van der Waals surface area contributed by atoms with Crippen molar-refractivity contribution in [3.63, 3.8) is 0 Å². The zero-order valence-electron chi connectivity index (χ0n) is 19.2. The first-order valence-corrected chi connectivity index (χ1v) is 13.0. The van der Waals surface area contributed by atoms with Crippen molar-refractivity contribution in [3.05, 3.63) is 23.8 Å². The minimum Gasteiger partial charge on any atom is -0.292 e. The van der Waals surface area contributed by atoms with Gasteiger partial charge in [0.2, 0.25) is 0 Å². The van der Waals surface area contributed by atoms with E-state index in [0.29, 0.717) is 21.7 Å². The molecule has 32 heavy (non-hydrogen) atoms. The Morgan fingerprint density at radius 1 is 1.03 bits per heavy atom. The lowest BCUT2D eigenvalue weighted by molar-refractivity contribution is -0.124. The summed E-state index contributed by atoms with van der Waals surface area (Å²) in [5.41, 5.74) is -5.10. The molecule has 1 aliphatic heterocycles. The molecule has 1 saturated carbocycles. The van der Waals surface area contributed by atoms with Gasteiger partial charge in [-0.1, -0.05) is 58.3 Å².